The monoisotopic (exact) mass is 1300 g/mol. The normalized spacial score (nSPS) is 41.9. The number of carbonyl (C=O) groups excluding carboxylic acids is 3. The van der Waals surface area contributed by atoms with Crippen LogP contribution in [0, 0.1) is 52.7 Å². The van der Waals surface area contributed by atoms with Crippen LogP contribution in [-0.2, 0) is 47.7 Å². The van der Waals surface area contributed by atoms with Crippen LogP contribution in [0.4, 0.5) is 0 Å². The second-order valence-corrected chi connectivity index (χ2v) is 25.5. The fourth-order valence-corrected chi connectivity index (χ4v) is 9.85. The van der Waals surface area contributed by atoms with Gasteiger partial charge in [0.25, 0.3) is 0 Å². The standard InChI is InChI=1S/C25H40N2O4.2C24H38N2O4/c1-15(2)23(26)24(28)31-20-12-19-18-11-22(30-7)21(29-6)10-16(18)8-9-27(19)14-17(20)13-25(3,4)5;2*1-14(2)9-17-13-26-8-7-16-10-21(28-5)22(29-6)11-18(16)19(26)12-20(17)30-24(27)23(25)15(3)4/h10-11,15,17,19-20,23H,8-9,12-14,26H2,1-7H3;2*10-11,14-15,17,19-20,23H,7-9,12-13,25H2,1-6H3/t3*17?,19?,20?,23-/m000/s1/i8D2,9D2,12D2,14D2,17D,19D;5D3,7D2,8D2,12D2,13D2,17D,20D;7D2,8D2,12D2,13D2,17D,20D. The highest BCUT2D eigenvalue weighted by atomic mass is 16.6. The number of esters is 3. The van der Waals surface area contributed by atoms with Crippen LogP contribution in [0.5, 0.6) is 34.5 Å². The van der Waals surface area contributed by atoms with Crippen molar-refractivity contribution in [2.45, 2.75) is 202 Å². The molecule has 91 heavy (non-hydrogen) atoms. The van der Waals surface area contributed by atoms with Crippen molar-refractivity contribution in [2.75, 3.05) is 81.6 Å². The number of fused-ring (bicyclic) bond motifs is 9. The van der Waals surface area contributed by atoms with Crippen LogP contribution >= 0.6 is 0 Å². The predicted molar refractivity (Wildman–Crippen MR) is 358 cm³/mol. The van der Waals surface area contributed by atoms with Crippen LogP contribution in [0.1, 0.15) is 225 Å². The number of benzene rings is 3. The van der Waals surface area contributed by atoms with E-state index in [2.05, 4.69) is 0 Å². The van der Waals surface area contributed by atoms with E-state index in [9.17, 15) is 33.6 Å². The number of aryl methyl sites for hydroxylation is 3. The smallest absolute Gasteiger partial charge is 0.323 e. The molecule has 3 fully saturated rings. The summed E-state index contributed by atoms with van der Waals surface area (Å²) in [4.78, 5) is 40.2. The lowest BCUT2D eigenvalue weighted by Crippen LogP contribution is -2.51. The second-order valence-electron chi connectivity index (χ2n) is 25.5. The van der Waals surface area contributed by atoms with Gasteiger partial charge in [-0.1, -0.05) is 90.0 Å². The van der Waals surface area contributed by atoms with Crippen molar-refractivity contribution in [2.24, 2.45) is 69.9 Å². The quantitative estimate of drug-likeness (QED) is 0.0707. The number of hydrogen-bond donors (Lipinski definition) is 3. The predicted octanol–water partition coefficient (Wildman–Crippen LogP) is 11.1. The Kier molecular flexibility index (Phi) is 14.0. The van der Waals surface area contributed by atoms with Crippen molar-refractivity contribution < 1.29 is 102 Å². The summed E-state index contributed by atoms with van der Waals surface area (Å²) >= 11 is 0. The van der Waals surface area contributed by atoms with Crippen molar-refractivity contribution in [3.63, 3.8) is 0 Å². The SMILES string of the molecule is [2H]C([2H])([2H])Oc1cc2c(cc1OC)C1N(C([2H])([2H])C2([2H])[2H])C([2H])([2H])C([2H])(CC(C)C)C([2H])(OC(=O)[C@@H](N)C(C)C)C1([2H])[2H].[2H]C1([2H])c2cc(OC)c(OC)cc2C2([2H])N(C1([2H])[2H])C([2H])([2H])C([2H])(CC(C)(C)C)C(OC(=O)[C@@H](N)C(C)C)C2([2H])[2H].[2H]C1([2H])c2cc(OC)c(OC)cc2C2N(C1([2H])[2H])C([2H])([2H])C([2H])(CC(C)C)C([2H])(OC(=O)[C@@H](N)C(C)C)C2([2H])[2H]. The van der Waals surface area contributed by atoms with Crippen molar-refractivity contribution in [3.05, 3.63) is 69.8 Å². The molecule has 510 valence electrons. The van der Waals surface area contributed by atoms with Gasteiger partial charge in [-0.15, -0.1) is 0 Å². The summed E-state index contributed by atoms with van der Waals surface area (Å²) in [5.74, 6) is -15.8. The molecule has 0 amide bonds. The topological polar surface area (TPSA) is 222 Å². The van der Waals surface area contributed by atoms with Gasteiger partial charge in [0.1, 0.15) is 36.4 Å². The fraction of sp³-hybridized carbons (Fsp3) is 0.712. The minimum Gasteiger partial charge on any atom is -0.493 e. The molecule has 6 N–H and O–H groups in total. The molecule has 6 aliphatic rings. The van der Waals surface area contributed by atoms with E-state index in [0.717, 1.165) is 37.4 Å². The van der Waals surface area contributed by atoms with E-state index in [1.54, 1.807) is 90.0 Å². The van der Waals surface area contributed by atoms with Crippen molar-refractivity contribution in [1.29, 1.82) is 0 Å². The Bertz CT molecular complexity index is 4500. The number of nitrogens with zero attached hydrogens (tertiary/aromatic N) is 3. The molecule has 0 aliphatic carbocycles. The molecule has 0 spiro atoms. The third-order valence-corrected chi connectivity index (χ3v) is 15.0. The van der Waals surface area contributed by atoms with Crippen LogP contribution in [0.3, 0.4) is 0 Å². The number of hydrogen-bond acceptors (Lipinski definition) is 18. The first-order chi connectivity index (χ1) is 55.5. The van der Waals surface area contributed by atoms with E-state index in [-0.39, 0.29) is 49.7 Å². The highest BCUT2D eigenvalue weighted by Gasteiger charge is 2.46. The van der Waals surface area contributed by atoms with Gasteiger partial charge in [-0.3, -0.25) is 29.1 Å². The Morgan fingerprint density at radius 1 is 0.505 bits per heavy atom. The molecule has 9 rings (SSSR count). The van der Waals surface area contributed by atoms with Gasteiger partial charge in [0.2, 0.25) is 0 Å². The number of ether oxygens (including phenoxy) is 9. The molecule has 0 radical (unpaired) electrons. The molecule has 18 heteroatoms. The number of piperidine rings is 3. The Balaban J connectivity index is 0.000000256. The lowest BCUT2D eigenvalue weighted by atomic mass is 9.75. The average Bonchev–Trinajstić information content (AvgIpc) is 0.660. The first-order valence-electron chi connectivity index (χ1n) is 46.7. The molecule has 18 nitrogen and oxygen atoms in total. The maximum atomic E-state index is 13.2. The Labute approximate surface area is 592 Å². The summed E-state index contributed by atoms with van der Waals surface area (Å²) in [5.41, 5.74) is 14.5. The Morgan fingerprint density at radius 3 is 1.21 bits per heavy atom. The molecular weight excluding hydrogens is 1150 g/mol. The van der Waals surface area contributed by atoms with Gasteiger partial charge < -0.3 is 59.8 Å². The maximum Gasteiger partial charge on any atom is 0.323 e. The summed E-state index contributed by atoms with van der Waals surface area (Å²) in [7, 11) is 3.20. The van der Waals surface area contributed by atoms with Gasteiger partial charge in [0.05, 0.1) is 50.8 Å². The molecule has 3 aromatic carbocycles. The average molecular weight is 1300 g/mol. The van der Waals surface area contributed by atoms with Gasteiger partial charge in [0.15, 0.2) is 34.5 Å². The highest BCUT2D eigenvalue weighted by Crippen LogP contribution is 2.49. The van der Waals surface area contributed by atoms with Crippen LogP contribution in [0.25, 0.3) is 0 Å². The summed E-state index contributed by atoms with van der Waals surface area (Å²) in [5, 5.41) is 0. The van der Waals surface area contributed by atoms with Crippen LogP contribution in [0.15, 0.2) is 36.4 Å². The van der Waals surface area contributed by atoms with Crippen molar-refractivity contribution in [1.82, 2.24) is 14.7 Å². The molecule has 0 aromatic heterocycles. The van der Waals surface area contributed by atoms with E-state index in [4.69, 9.17) is 85.9 Å². The number of carbonyl (C=O) groups is 3. The summed E-state index contributed by atoms with van der Waals surface area (Å²) < 4.78 is 344. The van der Waals surface area contributed by atoms with E-state index >= 15 is 0 Å². The largest absolute Gasteiger partial charge is 0.493 e. The van der Waals surface area contributed by atoms with Gasteiger partial charge in [0, 0.05) is 131 Å². The zero-order valence-corrected chi connectivity index (χ0v) is 55.4. The van der Waals surface area contributed by atoms with Gasteiger partial charge in [-0.2, -0.15) is 0 Å². The van der Waals surface area contributed by atoms with E-state index in [1.165, 1.54) is 34.5 Å². The van der Waals surface area contributed by atoms with E-state index < -0.39 is 257 Å². The van der Waals surface area contributed by atoms with E-state index in [1.807, 2.05) is 0 Å². The molecular formula is C73H116N6O12. The van der Waals surface area contributed by atoms with Gasteiger partial charge >= 0.3 is 17.9 Å². The number of nitrogens with two attached hydrogens (primary N) is 3. The second kappa shape index (κ2) is 32.2. The lowest BCUT2D eigenvalue weighted by molar-refractivity contribution is -0.161. The Morgan fingerprint density at radius 2 is 0.846 bits per heavy atom. The van der Waals surface area contributed by atoms with Crippen molar-refractivity contribution >= 4 is 17.9 Å². The number of methoxy groups -OCH3 is 6. The molecule has 0 bridgehead atoms. The summed E-state index contributed by atoms with van der Waals surface area (Å²) in [6.45, 7) is 1.01. The van der Waals surface area contributed by atoms with Crippen LogP contribution < -0.4 is 45.6 Å². The zero-order chi connectivity index (χ0) is 96.5. The number of rotatable bonds is 20. The summed E-state index contributed by atoms with van der Waals surface area (Å²) in [6.07, 6.45) is -29.3. The first-order valence-corrected chi connectivity index (χ1v) is 30.2. The molecule has 0 saturated carbocycles. The molecule has 6 heterocycles. The Hall–Kier alpha value is -5.37. The maximum absolute atomic E-state index is 13.2. The molecule has 6 aliphatic heterocycles. The highest BCUT2D eigenvalue weighted by molar-refractivity contribution is 5.77. The van der Waals surface area contributed by atoms with Crippen LogP contribution in [0.2, 0.25) is 0 Å². The third kappa shape index (κ3) is 18.1. The molecule has 3 saturated heterocycles. The van der Waals surface area contributed by atoms with E-state index in [0.29, 0.717) is 4.90 Å². The molecule has 3 aromatic rings. The van der Waals surface area contributed by atoms with Gasteiger partial charge in [-0.05, 0) is 143 Å². The van der Waals surface area contributed by atoms with Gasteiger partial charge in [-0.25, -0.2) is 0 Å². The van der Waals surface area contributed by atoms with Crippen LogP contribution in [-0.4, -0.2) is 151 Å². The van der Waals surface area contributed by atoms with Crippen molar-refractivity contribution in [3.8, 4) is 34.5 Å². The molecule has 12 atom stereocenters. The minimum absolute atomic E-state index is 0.0178. The zero-order valence-electron chi connectivity index (χ0n) is 88.4. The summed E-state index contributed by atoms with van der Waals surface area (Å²) in [6, 6.07) is -4.87. The minimum atomic E-state index is -3.41. The fourth-order valence-electron chi connectivity index (χ4n) is 9.85. The molecule has 9 unspecified atom stereocenters. The first kappa shape index (κ1) is 39.5. The lowest BCUT2D eigenvalue weighted by Gasteiger charge is -2.48. The third-order valence-electron chi connectivity index (χ3n) is 15.0.